The summed E-state index contributed by atoms with van der Waals surface area (Å²) in [7, 11) is 1.69. The van der Waals surface area contributed by atoms with Crippen LogP contribution in [0.3, 0.4) is 0 Å². The van der Waals surface area contributed by atoms with Gasteiger partial charge in [-0.15, -0.1) is 0 Å². The highest BCUT2D eigenvalue weighted by Crippen LogP contribution is 2.46. The summed E-state index contributed by atoms with van der Waals surface area (Å²) < 4.78 is 18.2. The summed E-state index contributed by atoms with van der Waals surface area (Å²) >= 11 is 0. The first kappa shape index (κ1) is 18.6. The standard InChI is InChI=1S/C25H26O3/c1-4-17(2)18-13-15-19(16-14-18)27-25(26-3)24-20-9-5-7-11-22(20)28-23-12-8-6-10-21(23)24/h5-17,24-25H,4H2,1-3H3. The van der Waals surface area contributed by atoms with Crippen molar-refractivity contribution in [1.82, 2.24) is 0 Å². The minimum absolute atomic E-state index is 0.0691. The SMILES string of the molecule is CCC(C)c1ccc(OC(OC)C2c3ccccc3Oc3ccccc32)cc1. The van der Waals surface area contributed by atoms with Crippen molar-refractivity contribution in [3.8, 4) is 17.2 Å². The van der Waals surface area contributed by atoms with Crippen molar-refractivity contribution in [3.05, 3.63) is 89.5 Å². The Balaban J connectivity index is 1.67. The van der Waals surface area contributed by atoms with Gasteiger partial charge in [0.05, 0.1) is 5.92 Å². The third-order valence-corrected chi connectivity index (χ3v) is 5.55. The third-order valence-electron chi connectivity index (χ3n) is 5.55. The Bertz CT molecular complexity index is 887. The van der Waals surface area contributed by atoms with E-state index in [0.29, 0.717) is 5.92 Å². The van der Waals surface area contributed by atoms with Gasteiger partial charge in [0.25, 0.3) is 0 Å². The lowest BCUT2D eigenvalue weighted by Crippen LogP contribution is -2.30. The first-order chi connectivity index (χ1) is 13.7. The van der Waals surface area contributed by atoms with Crippen LogP contribution in [0.2, 0.25) is 0 Å². The van der Waals surface area contributed by atoms with Crippen LogP contribution in [0.15, 0.2) is 72.8 Å². The van der Waals surface area contributed by atoms with E-state index in [9.17, 15) is 0 Å². The summed E-state index contributed by atoms with van der Waals surface area (Å²) in [6, 6.07) is 24.5. The van der Waals surface area contributed by atoms with Gasteiger partial charge >= 0.3 is 0 Å². The molecule has 1 aliphatic heterocycles. The molecule has 0 amide bonds. The number of fused-ring (bicyclic) bond motifs is 2. The molecule has 0 fully saturated rings. The summed E-state index contributed by atoms with van der Waals surface area (Å²) in [4.78, 5) is 0. The Labute approximate surface area is 166 Å². The average Bonchev–Trinajstić information content (AvgIpc) is 2.76. The number of hydrogen-bond acceptors (Lipinski definition) is 3. The topological polar surface area (TPSA) is 27.7 Å². The molecule has 0 aliphatic carbocycles. The quantitative estimate of drug-likeness (QED) is 0.462. The Morgan fingerprint density at radius 2 is 1.43 bits per heavy atom. The smallest absolute Gasteiger partial charge is 0.210 e. The molecule has 1 heterocycles. The molecule has 2 atom stereocenters. The van der Waals surface area contributed by atoms with Gasteiger partial charge in [-0.05, 0) is 42.2 Å². The van der Waals surface area contributed by atoms with Gasteiger partial charge in [-0.2, -0.15) is 0 Å². The first-order valence-corrected chi connectivity index (χ1v) is 9.86. The predicted octanol–water partition coefficient (Wildman–Crippen LogP) is 6.49. The van der Waals surface area contributed by atoms with E-state index in [1.165, 1.54) is 5.56 Å². The zero-order chi connectivity index (χ0) is 19.5. The van der Waals surface area contributed by atoms with Crippen LogP contribution in [0.1, 0.15) is 48.8 Å². The molecule has 0 bridgehead atoms. The van der Waals surface area contributed by atoms with Gasteiger partial charge in [-0.25, -0.2) is 0 Å². The molecule has 0 spiro atoms. The molecular weight excluding hydrogens is 348 g/mol. The zero-order valence-corrected chi connectivity index (χ0v) is 16.6. The lowest BCUT2D eigenvalue weighted by molar-refractivity contribution is -0.0650. The molecule has 0 saturated carbocycles. The van der Waals surface area contributed by atoms with E-state index in [2.05, 4.69) is 38.1 Å². The average molecular weight is 374 g/mol. The lowest BCUT2D eigenvalue weighted by Gasteiger charge is -2.33. The number of hydrogen-bond donors (Lipinski definition) is 0. The monoisotopic (exact) mass is 374 g/mol. The summed E-state index contributed by atoms with van der Waals surface area (Å²) in [6.07, 6.45) is 0.664. The Kier molecular flexibility index (Phi) is 5.36. The molecular formula is C25H26O3. The number of benzene rings is 3. The number of rotatable bonds is 6. The van der Waals surface area contributed by atoms with Crippen LogP contribution in [0.5, 0.6) is 17.2 Å². The maximum Gasteiger partial charge on any atom is 0.210 e. The molecule has 144 valence electrons. The van der Waals surface area contributed by atoms with Gasteiger partial charge in [-0.3, -0.25) is 0 Å². The highest BCUT2D eigenvalue weighted by Gasteiger charge is 2.34. The molecule has 2 unspecified atom stereocenters. The Hall–Kier alpha value is -2.78. The van der Waals surface area contributed by atoms with Crippen molar-refractivity contribution >= 4 is 0 Å². The Morgan fingerprint density at radius 1 is 0.857 bits per heavy atom. The van der Waals surface area contributed by atoms with Crippen molar-refractivity contribution in [2.24, 2.45) is 0 Å². The van der Waals surface area contributed by atoms with E-state index in [1.807, 2.05) is 48.5 Å². The normalized spacial score (nSPS) is 15.1. The van der Waals surface area contributed by atoms with Gasteiger partial charge in [0.1, 0.15) is 17.2 Å². The van der Waals surface area contributed by atoms with Gasteiger partial charge < -0.3 is 14.2 Å². The highest BCUT2D eigenvalue weighted by molar-refractivity contribution is 5.54. The highest BCUT2D eigenvalue weighted by atomic mass is 16.7. The summed E-state index contributed by atoms with van der Waals surface area (Å²) in [6.45, 7) is 4.44. The molecule has 3 aromatic carbocycles. The second-order valence-corrected chi connectivity index (χ2v) is 7.26. The summed E-state index contributed by atoms with van der Waals surface area (Å²) in [5.41, 5.74) is 3.47. The van der Waals surface area contributed by atoms with Gasteiger partial charge in [0.2, 0.25) is 6.29 Å². The molecule has 1 aliphatic rings. The fourth-order valence-electron chi connectivity index (χ4n) is 3.74. The molecule has 4 rings (SSSR count). The fourth-order valence-corrected chi connectivity index (χ4v) is 3.74. The maximum absolute atomic E-state index is 6.31. The third kappa shape index (κ3) is 3.50. The van der Waals surface area contributed by atoms with E-state index in [-0.39, 0.29) is 5.92 Å². The second kappa shape index (κ2) is 8.07. The molecule has 0 radical (unpaired) electrons. The minimum Gasteiger partial charge on any atom is -0.464 e. The lowest BCUT2D eigenvalue weighted by atomic mass is 9.87. The summed E-state index contributed by atoms with van der Waals surface area (Å²) in [5.74, 6) is 2.98. The van der Waals surface area contributed by atoms with Crippen molar-refractivity contribution in [2.75, 3.05) is 7.11 Å². The summed E-state index contributed by atoms with van der Waals surface area (Å²) in [5, 5.41) is 0. The van der Waals surface area contributed by atoms with Crippen LogP contribution in [0.25, 0.3) is 0 Å². The van der Waals surface area contributed by atoms with Gasteiger partial charge in [0.15, 0.2) is 0 Å². The molecule has 3 nitrogen and oxygen atoms in total. The number of para-hydroxylation sites is 2. The first-order valence-electron chi connectivity index (χ1n) is 9.86. The van der Waals surface area contributed by atoms with Gasteiger partial charge in [0, 0.05) is 18.2 Å². The maximum atomic E-state index is 6.31. The van der Waals surface area contributed by atoms with Crippen LogP contribution in [-0.4, -0.2) is 13.4 Å². The van der Waals surface area contributed by atoms with Crippen LogP contribution >= 0.6 is 0 Å². The van der Waals surface area contributed by atoms with E-state index in [0.717, 1.165) is 34.8 Å². The zero-order valence-electron chi connectivity index (χ0n) is 16.6. The molecule has 0 N–H and O–H groups in total. The van der Waals surface area contributed by atoms with Crippen LogP contribution in [-0.2, 0) is 4.74 Å². The van der Waals surface area contributed by atoms with Gasteiger partial charge in [-0.1, -0.05) is 62.4 Å². The van der Waals surface area contributed by atoms with Crippen molar-refractivity contribution in [1.29, 1.82) is 0 Å². The van der Waals surface area contributed by atoms with E-state index >= 15 is 0 Å². The van der Waals surface area contributed by atoms with Crippen molar-refractivity contribution in [2.45, 2.75) is 38.4 Å². The number of ether oxygens (including phenoxy) is 3. The van der Waals surface area contributed by atoms with Crippen LogP contribution < -0.4 is 9.47 Å². The largest absolute Gasteiger partial charge is 0.464 e. The number of methoxy groups -OCH3 is 1. The van der Waals surface area contributed by atoms with E-state index in [1.54, 1.807) is 7.11 Å². The molecule has 28 heavy (non-hydrogen) atoms. The molecule has 0 aromatic heterocycles. The van der Waals surface area contributed by atoms with Crippen LogP contribution in [0.4, 0.5) is 0 Å². The molecule has 3 aromatic rings. The second-order valence-electron chi connectivity index (χ2n) is 7.26. The minimum atomic E-state index is -0.458. The Morgan fingerprint density at radius 3 is 1.96 bits per heavy atom. The fraction of sp³-hybridized carbons (Fsp3) is 0.280. The molecule has 0 saturated heterocycles. The van der Waals surface area contributed by atoms with E-state index < -0.39 is 6.29 Å². The molecule has 3 heteroatoms. The predicted molar refractivity (Wildman–Crippen MR) is 111 cm³/mol. The van der Waals surface area contributed by atoms with Crippen molar-refractivity contribution in [3.63, 3.8) is 0 Å². The van der Waals surface area contributed by atoms with Crippen LogP contribution in [0, 0.1) is 0 Å². The van der Waals surface area contributed by atoms with Crippen molar-refractivity contribution < 1.29 is 14.2 Å². The van der Waals surface area contributed by atoms with E-state index in [4.69, 9.17) is 14.2 Å².